The Morgan fingerprint density at radius 3 is 0.687 bits per heavy atom. The predicted octanol–water partition coefficient (Wildman–Crippen LogP) is 23.7. The molecule has 99 heavy (non-hydrogen) atoms. The van der Waals surface area contributed by atoms with Gasteiger partial charge in [0.15, 0.2) is 12.2 Å². The molecule has 5 atom stereocenters. The summed E-state index contributed by atoms with van der Waals surface area (Å²) in [5, 5.41) is 10.6. The standard InChI is InChI=1S/C80H156O17P2/c1-8-9-10-11-12-13-14-15-16-17-18-19-20-21-24-30-35-40-49-56-63-79(84)96-75(67-90-77(82)61-54-47-39-34-29-25-22-23-27-32-37-44-51-58-71(2)3)69-94-98(86,87)92-65-74(81)66-93-99(88,89)95-70-76(68-91-78(83)62-55-48-43-42-46-53-60-73(6)7)97-80(85)64-57-50-41-36-31-26-28-33-38-45-52-59-72(4)5/h71-76,81H,8-70H2,1-7H3,(H,86,87)(H,88,89)/t74-,75-,76-/m1/s1. The molecule has 2 unspecified atom stereocenters. The lowest BCUT2D eigenvalue weighted by atomic mass is 10.0. The van der Waals surface area contributed by atoms with Gasteiger partial charge in [0, 0.05) is 25.7 Å². The molecule has 0 aromatic heterocycles. The summed E-state index contributed by atoms with van der Waals surface area (Å²) in [6, 6.07) is 0. The maximum absolute atomic E-state index is 13.1. The van der Waals surface area contributed by atoms with Gasteiger partial charge in [-0.15, -0.1) is 0 Å². The Hall–Kier alpha value is -1.94. The van der Waals surface area contributed by atoms with Crippen LogP contribution in [0.4, 0.5) is 0 Å². The van der Waals surface area contributed by atoms with Crippen LogP contribution in [-0.2, 0) is 65.4 Å². The number of hydrogen-bond donors (Lipinski definition) is 3. The van der Waals surface area contributed by atoms with Gasteiger partial charge in [0.2, 0.25) is 0 Å². The largest absolute Gasteiger partial charge is 0.472 e. The molecule has 0 fully saturated rings. The third-order valence-corrected chi connectivity index (χ3v) is 20.5. The van der Waals surface area contributed by atoms with Crippen LogP contribution in [0.5, 0.6) is 0 Å². The summed E-state index contributed by atoms with van der Waals surface area (Å²) < 4.78 is 68.6. The molecule has 3 N–H and O–H groups in total. The number of phosphoric acid groups is 2. The summed E-state index contributed by atoms with van der Waals surface area (Å²) in [4.78, 5) is 72.9. The number of hydrogen-bond acceptors (Lipinski definition) is 15. The van der Waals surface area contributed by atoms with Crippen molar-refractivity contribution >= 4 is 39.5 Å². The van der Waals surface area contributed by atoms with Crippen LogP contribution < -0.4 is 0 Å². The lowest BCUT2D eigenvalue weighted by molar-refractivity contribution is -0.161. The number of carbonyl (C=O) groups is 4. The van der Waals surface area contributed by atoms with E-state index >= 15 is 0 Å². The van der Waals surface area contributed by atoms with Gasteiger partial charge in [-0.1, -0.05) is 363 Å². The van der Waals surface area contributed by atoms with Crippen LogP contribution in [-0.4, -0.2) is 96.7 Å². The molecule has 19 heteroatoms. The van der Waals surface area contributed by atoms with Crippen molar-refractivity contribution in [1.29, 1.82) is 0 Å². The quantitative estimate of drug-likeness (QED) is 0.0222. The summed E-state index contributed by atoms with van der Waals surface area (Å²) in [6.45, 7) is 11.9. The van der Waals surface area contributed by atoms with Crippen LogP contribution >= 0.6 is 15.6 Å². The number of phosphoric ester groups is 2. The Kier molecular flexibility index (Phi) is 69.0. The molecular formula is C80H156O17P2. The second-order valence-electron chi connectivity index (χ2n) is 30.2. The second kappa shape index (κ2) is 70.4. The van der Waals surface area contributed by atoms with Crippen LogP contribution in [0.25, 0.3) is 0 Å². The van der Waals surface area contributed by atoms with Crippen molar-refractivity contribution in [1.82, 2.24) is 0 Å². The molecule has 0 aliphatic rings. The fourth-order valence-electron chi connectivity index (χ4n) is 12.3. The van der Waals surface area contributed by atoms with Gasteiger partial charge in [0.1, 0.15) is 19.3 Å². The minimum Gasteiger partial charge on any atom is -0.462 e. The van der Waals surface area contributed by atoms with Gasteiger partial charge < -0.3 is 33.8 Å². The van der Waals surface area contributed by atoms with Crippen molar-refractivity contribution in [3.8, 4) is 0 Å². The molecule has 0 saturated carbocycles. The van der Waals surface area contributed by atoms with Gasteiger partial charge >= 0.3 is 39.5 Å². The number of ether oxygens (including phenoxy) is 4. The molecule has 0 heterocycles. The van der Waals surface area contributed by atoms with Crippen molar-refractivity contribution < 1.29 is 80.2 Å². The summed E-state index contributed by atoms with van der Waals surface area (Å²) in [5.41, 5.74) is 0. The number of aliphatic hydroxyl groups excluding tert-OH is 1. The molecule has 0 amide bonds. The molecule has 17 nitrogen and oxygen atoms in total. The van der Waals surface area contributed by atoms with Crippen LogP contribution in [0.2, 0.25) is 0 Å². The maximum Gasteiger partial charge on any atom is 0.472 e. The molecule has 0 rings (SSSR count). The molecule has 0 aliphatic heterocycles. The molecule has 0 spiro atoms. The molecule has 0 radical (unpaired) electrons. The monoisotopic (exact) mass is 1450 g/mol. The number of esters is 4. The minimum atomic E-state index is -4.96. The first-order valence-electron chi connectivity index (χ1n) is 41.3. The van der Waals surface area contributed by atoms with E-state index in [1.165, 1.54) is 218 Å². The molecular weight excluding hydrogens is 1290 g/mol. The lowest BCUT2D eigenvalue weighted by Crippen LogP contribution is -2.30. The van der Waals surface area contributed by atoms with E-state index in [0.29, 0.717) is 31.6 Å². The van der Waals surface area contributed by atoms with E-state index in [2.05, 4.69) is 48.5 Å². The summed E-state index contributed by atoms with van der Waals surface area (Å²) >= 11 is 0. The summed E-state index contributed by atoms with van der Waals surface area (Å²) in [7, 11) is -9.92. The highest BCUT2D eigenvalue weighted by Gasteiger charge is 2.30. The Bertz CT molecular complexity index is 1920. The van der Waals surface area contributed by atoms with Crippen LogP contribution in [0.15, 0.2) is 0 Å². The normalized spacial score (nSPS) is 14.0. The lowest BCUT2D eigenvalue weighted by Gasteiger charge is -2.21. The molecule has 0 bridgehead atoms. The second-order valence-corrected chi connectivity index (χ2v) is 33.1. The van der Waals surface area contributed by atoms with Gasteiger partial charge in [-0.05, 0) is 43.4 Å². The zero-order valence-electron chi connectivity index (χ0n) is 65.0. The van der Waals surface area contributed by atoms with Crippen LogP contribution in [0.3, 0.4) is 0 Å². The first-order valence-corrected chi connectivity index (χ1v) is 44.3. The highest BCUT2D eigenvalue weighted by atomic mass is 31.2. The smallest absolute Gasteiger partial charge is 0.462 e. The van der Waals surface area contributed by atoms with Gasteiger partial charge in [-0.3, -0.25) is 37.3 Å². The Labute approximate surface area is 607 Å². The van der Waals surface area contributed by atoms with Crippen LogP contribution in [0, 0.1) is 17.8 Å². The van der Waals surface area contributed by atoms with Crippen LogP contribution in [0.1, 0.15) is 414 Å². The van der Waals surface area contributed by atoms with Crippen molar-refractivity contribution in [2.75, 3.05) is 39.6 Å². The van der Waals surface area contributed by atoms with Gasteiger partial charge in [-0.2, -0.15) is 0 Å². The van der Waals surface area contributed by atoms with Gasteiger partial charge in [0.25, 0.3) is 0 Å². The van der Waals surface area contributed by atoms with E-state index in [1.807, 2.05) is 0 Å². The molecule has 0 saturated heterocycles. The number of rotatable bonds is 78. The molecule has 0 aliphatic carbocycles. The number of aliphatic hydroxyl groups is 1. The van der Waals surface area contributed by atoms with Crippen molar-refractivity contribution in [3.05, 3.63) is 0 Å². The predicted molar refractivity (Wildman–Crippen MR) is 405 cm³/mol. The molecule has 0 aromatic carbocycles. The van der Waals surface area contributed by atoms with E-state index in [4.69, 9.17) is 37.0 Å². The SMILES string of the molecule is CCCCCCCCCCCCCCCCCCCCCCC(=O)O[C@H](COC(=O)CCCCCCCCCCCCCCCC(C)C)COP(=O)(O)OC[C@@H](O)COP(=O)(O)OC[C@@H](COC(=O)CCCCCCCCC(C)C)OC(=O)CCCCCCCCCCCCCC(C)C. The minimum absolute atomic E-state index is 0.105. The van der Waals surface area contributed by atoms with Crippen molar-refractivity contribution in [2.24, 2.45) is 17.8 Å². The fourth-order valence-corrected chi connectivity index (χ4v) is 13.9. The summed E-state index contributed by atoms with van der Waals surface area (Å²) in [5.74, 6) is 0.121. The van der Waals surface area contributed by atoms with E-state index in [0.717, 1.165) is 108 Å². The number of carbonyl (C=O) groups excluding carboxylic acids is 4. The average molecular weight is 1450 g/mol. The number of unbranched alkanes of at least 4 members (excludes halogenated alkanes) is 46. The zero-order chi connectivity index (χ0) is 73.0. The van der Waals surface area contributed by atoms with E-state index in [1.54, 1.807) is 0 Å². The van der Waals surface area contributed by atoms with E-state index < -0.39 is 97.5 Å². The highest BCUT2D eigenvalue weighted by Crippen LogP contribution is 2.45. The third kappa shape index (κ3) is 74.1. The zero-order valence-corrected chi connectivity index (χ0v) is 66.8. The Morgan fingerprint density at radius 2 is 0.465 bits per heavy atom. The van der Waals surface area contributed by atoms with Gasteiger partial charge in [-0.25, -0.2) is 9.13 Å². The average Bonchev–Trinajstić information content (AvgIpc) is 0.952. The molecule has 588 valence electrons. The Balaban J connectivity index is 5.22. The first-order chi connectivity index (χ1) is 47.7. The third-order valence-electron chi connectivity index (χ3n) is 18.6. The molecule has 0 aromatic rings. The van der Waals surface area contributed by atoms with Crippen molar-refractivity contribution in [2.45, 2.75) is 433 Å². The highest BCUT2D eigenvalue weighted by molar-refractivity contribution is 7.47. The van der Waals surface area contributed by atoms with E-state index in [9.17, 15) is 43.2 Å². The van der Waals surface area contributed by atoms with Gasteiger partial charge in [0.05, 0.1) is 26.4 Å². The first kappa shape index (κ1) is 97.1. The van der Waals surface area contributed by atoms with Crippen molar-refractivity contribution in [3.63, 3.8) is 0 Å². The van der Waals surface area contributed by atoms with E-state index in [-0.39, 0.29) is 25.7 Å². The topological polar surface area (TPSA) is 237 Å². The summed E-state index contributed by atoms with van der Waals surface area (Å²) in [6.07, 6.45) is 58.5. The Morgan fingerprint density at radius 1 is 0.273 bits per heavy atom. The fraction of sp³-hybridized carbons (Fsp3) is 0.950. The maximum atomic E-state index is 13.1.